The van der Waals surface area contributed by atoms with Crippen molar-refractivity contribution in [1.29, 1.82) is 0 Å². The summed E-state index contributed by atoms with van der Waals surface area (Å²) in [5.41, 5.74) is 6.96. The molecule has 0 aromatic carbocycles. The second-order valence-electron chi connectivity index (χ2n) is 8.04. The van der Waals surface area contributed by atoms with Gasteiger partial charge in [-0.05, 0) is 55.9 Å². The van der Waals surface area contributed by atoms with E-state index in [2.05, 4.69) is 25.7 Å². The summed E-state index contributed by atoms with van der Waals surface area (Å²) < 4.78 is 5.38. The molecule has 3 heteroatoms. The summed E-state index contributed by atoms with van der Waals surface area (Å²) in [7, 11) is 1.82. The second kappa shape index (κ2) is 7.43. The Labute approximate surface area is 131 Å². The van der Waals surface area contributed by atoms with E-state index in [4.69, 9.17) is 10.5 Å². The molecule has 1 aliphatic heterocycles. The van der Waals surface area contributed by atoms with E-state index in [-0.39, 0.29) is 0 Å². The van der Waals surface area contributed by atoms with Crippen LogP contribution in [0.4, 0.5) is 0 Å². The molecule has 3 nitrogen and oxygen atoms in total. The Morgan fingerprint density at radius 2 is 2.00 bits per heavy atom. The van der Waals surface area contributed by atoms with Gasteiger partial charge in [0.05, 0.1) is 6.61 Å². The molecule has 0 aromatic rings. The molecule has 4 unspecified atom stereocenters. The van der Waals surface area contributed by atoms with Gasteiger partial charge in [-0.15, -0.1) is 0 Å². The summed E-state index contributed by atoms with van der Waals surface area (Å²) in [6.07, 6.45) is 7.70. The Morgan fingerprint density at radius 1 is 1.24 bits per heavy atom. The SMILES string of the molecule is CCC(C)(C)C1CCC(N)C(N2CCCC(COC)C2)C1. The highest BCUT2D eigenvalue weighted by Crippen LogP contribution is 2.41. The molecule has 124 valence electrons. The van der Waals surface area contributed by atoms with Crippen LogP contribution < -0.4 is 5.73 Å². The van der Waals surface area contributed by atoms with Gasteiger partial charge in [0.25, 0.3) is 0 Å². The van der Waals surface area contributed by atoms with Gasteiger partial charge in [0.2, 0.25) is 0 Å². The first-order valence-electron chi connectivity index (χ1n) is 8.96. The first-order chi connectivity index (χ1) is 9.97. The molecule has 1 saturated carbocycles. The average molecular weight is 296 g/mol. The summed E-state index contributed by atoms with van der Waals surface area (Å²) in [4.78, 5) is 2.69. The van der Waals surface area contributed by atoms with Crippen LogP contribution >= 0.6 is 0 Å². The molecule has 0 spiro atoms. The number of methoxy groups -OCH3 is 1. The van der Waals surface area contributed by atoms with Crippen LogP contribution in [0.1, 0.15) is 59.3 Å². The molecule has 0 aromatic heterocycles. The van der Waals surface area contributed by atoms with Crippen molar-refractivity contribution in [3.05, 3.63) is 0 Å². The topological polar surface area (TPSA) is 38.5 Å². The van der Waals surface area contributed by atoms with Crippen LogP contribution in [0.15, 0.2) is 0 Å². The van der Waals surface area contributed by atoms with E-state index in [1.165, 1.54) is 51.6 Å². The second-order valence-corrected chi connectivity index (χ2v) is 8.04. The molecule has 2 aliphatic rings. The molecule has 21 heavy (non-hydrogen) atoms. The number of hydrogen-bond acceptors (Lipinski definition) is 3. The summed E-state index contributed by atoms with van der Waals surface area (Å²) in [6.45, 7) is 10.5. The molecule has 4 atom stereocenters. The smallest absolute Gasteiger partial charge is 0.0502 e. The minimum absolute atomic E-state index is 0.371. The fourth-order valence-electron chi connectivity index (χ4n) is 4.36. The Morgan fingerprint density at radius 3 is 2.67 bits per heavy atom. The number of nitrogens with two attached hydrogens (primary N) is 1. The van der Waals surface area contributed by atoms with Gasteiger partial charge in [0.1, 0.15) is 0 Å². The zero-order chi connectivity index (χ0) is 15.5. The largest absolute Gasteiger partial charge is 0.384 e. The van der Waals surface area contributed by atoms with Crippen molar-refractivity contribution < 1.29 is 4.74 Å². The molecular formula is C18H36N2O. The zero-order valence-electron chi connectivity index (χ0n) is 14.6. The molecule has 1 saturated heterocycles. The quantitative estimate of drug-likeness (QED) is 0.846. The lowest BCUT2D eigenvalue weighted by molar-refractivity contribution is 0.0202. The number of likely N-dealkylation sites (tertiary alicyclic amines) is 1. The number of ether oxygens (including phenoxy) is 1. The summed E-state index contributed by atoms with van der Waals surface area (Å²) in [5, 5.41) is 0. The van der Waals surface area contributed by atoms with Crippen molar-refractivity contribution in [2.75, 3.05) is 26.8 Å². The zero-order valence-corrected chi connectivity index (χ0v) is 14.6. The first kappa shape index (κ1) is 17.2. The Hall–Kier alpha value is -0.120. The van der Waals surface area contributed by atoms with E-state index in [1.54, 1.807) is 0 Å². The van der Waals surface area contributed by atoms with Gasteiger partial charge in [-0.1, -0.05) is 27.2 Å². The minimum atomic E-state index is 0.371. The van der Waals surface area contributed by atoms with Crippen LogP contribution in [0.5, 0.6) is 0 Å². The van der Waals surface area contributed by atoms with Crippen molar-refractivity contribution in [2.45, 2.75) is 71.4 Å². The van der Waals surface area contributed by atoms with Gasteiger partial charge in [-0.3, -0.25) is 4.90 Å². The maximum atomic E-state index is 6.50. The predicted octanol–water partition coefficient (Wildman–Crippen LogP) is 3.28. The summed E-state index contributed by atoms with van der Waals surface area (Å²) in [6, 6.07) is 0.962. The van der Waals surface area contributed by atoms with Crippen LogP contribution in [-0.2, 0) is 4.74 Å². The highest BCUT2D eigenvalue weighted by Gasteiger charge is 2.39. The van der Waals surface area contributed by atoms with Crippen LogP contribution in [0.3, 0.4) is 0 Å². The molecule has 2 rings (SSSR count). The molecule has 2 N–H and O–H groups in total. The lowest BCUT2D eigenvalue weighted by atomic mass is 9.67. The molecule has 1 heterocycles. The third kappa shape index (κ3) is 4.20. The van der Waals surface area contributed by atoms with E-state index in [1.807, 2.05) is 7.11 Å². The van der Waals surface area contributed by atoms with Gasteiger partial charge >= 0.3 is 0 Å². The van der Waals surface area contributed by atoms with Crippen molar-refractivity contribution >= 4 is 0 Å². The van der Waals surface area contributed by atoms with Gasteiger partial charge < -0.3 is 10.5 Å². The Kier molecular flexibility index (Phi) is 6.10. The number of rotatable bonds is 5. The first-order valence-corrected chi connectivity index (χ1v) is 8.96. The standard InChI is InChI=1S/C18H36N2O/c1-5-18(2,3)15-8-9-16(19)17(11-15)20-10-6-7-14(12-20)13-21-4/h14-17H,5-13,19H2,1-4H3. The lowest BCUT2D eigenvalue weighted by Crippen LogP contribution is -2.55. The summed E-state index contributed by atoms with van der Waals surface area (Å²) in [5.74, 6) is 1.53. The van der Waals surface area contributed by atoms with Crippen molar-refractivity contribution in [2.24, 2.45) is 23.0 Å². The fourth-order valence-corrected chi connectivity index (χ4v) is 4.36. The summed E-state index contributed by atoms with van der Waals surface area (Å²) >= 11 is 0. The van der Waals surface area contributed by atoms with Gasteiger partial charge in [-0.25, -0.2) is 0 Å². The molecule has 0 amide bonds. The highest BCUT2D eigenvalue weighted by molar-refractivity contribution is 4.94. The monoisotopic (exact) mass is 296 g/mol. The van der Waals surface area contributed by atoms with Crippen molar-refractivity contribution in [3.8, 4) is 0 Å². The molecular weight excluding hydrogens is 260 g/mol. The molecule has 0 radical (unpaired) electrons. The van der Waals surface area contributed by atoms with E-state index in [0.29, 0.717) is 23.4 Å². The maximum Gasteiger partial charge on any atom is 0.0502 e. The lowest BCUT2D eigenvalue weighted by Gasteiger charge is -2.48. The minimum Gasteiger partial charge on any atom is -0.384 e. The van der Waals surface area contributed by atoms with Gasteiger partial charge in [0, 0.05) is 25.7 Å². The number of hydrogen-bond donors (Lipinski definition) is 1. The fraction of sp³-hybridized carbons (Fsp3) is 1.00. The molecule has 1 aliphatic carbocycles. The van der Waals surface area contributed by atoms with Crippen LogP contribution in [-0.4, -0.2) is 43.8 Å². The third-order valence-electron chi connectivity index (χ3n) is 6.31. The van der Waals surface area contributed by atoms with Crippen LogP contribution in [0.2, 0.25) is 0 Å². The highest BCUT2D eigenvalue weighted by atomic mass is 16.5. The normalized spacial score (nSPS) is 35.9. The van der Waals surface area contributed by atoms with E-state index in [0.717, 1.165) is 12.5 Å². The van der Waals surface area contributed by atoms with Crippen molar-refractivity contribution in [1.82, 2.24) is 4.90 Å². The van der Waals surface area contributed by atoms with Crippen molar-refractivity contribution in [3.63, 3.8) is 0 Å². The van der Waals surface area contributed by atoms with E-state index >= 15 is 0 Å². The number of nitrogens with zero attached hydrogens (tertiary/aromatic N) is 1. The average Bonchev–Trinajstić information content (AvgIpc) is 2.48. The molecule has 2 fully saturated rings. The predicted molar refractivity (Wildman–Crippen MR) is 89.3 cm³/mol. The Balaban J connectivity index is 1.99. The third-order valence-corrected chi connectivity index (χ3v) is 6.31. The Bertz CT molecular complexity index is 316. The maximum absolute atomic E-state index is 6.50. The van der Waals surface area contributed by atoms with Gasteiger partial charge in [-0.2, -0.15) is 0 Å². The number of piperidine rings is 1. The van der Waals surface area contributed by atoms with E-state index in [9.17, 15) is 0 Å². The van der Waals surface area contributed by atoms with Gasteiger partial charge in [0.15, 0.2) is 0 Å². The van der Waals surface area contributed by atoms with E-state index < -0.39 is 0 Å². The molecule has 0 bridgehead atoms. The van der Waals surface area contributed by atoms with Crippen LogP contribution in [0.25, 0.3) is 0 Å². The van der Waals surface area contributed by atoms with Crippen LogP contribution in [0, 0.1) is 17.3 Å².